The number of hydrogen-bond donors (Lipinski definition) is 2. The Hall–Kier alpha value is -0.120. The predicted octanol–water partition coefficient (Wildman–Crippen LogP) is 2.25. The Bertz CT molecular complexity index is 239. The maximum atomic E-state index is 9.47. The van der Waals surface area contributed by atoms with Crippen molar-refractivity contribution in [3.05, 3.63) is 0 Å². The third-order valence-electron chi connectivity index (χ3n) is 5.08. The fourth-order valence-electron chi connectivity index (χ4n) is 3.55. The SMILES string of the molecule is C[C@@H]1CCCC[C@H]1CNCCCN1CCC(O)CC1. The third kappa shape index (κ3) is 5.41. The van der Waals surface area contributed by atoms with Crippen LogP contribution in [-0.4, -0.2) is 48.8 Å². The maximum absolute atomic E-state index is 9.47. The predicted molar refractivity (Wildman–Crippen MR) is 80.3 cm³/mol. The van der Waals surface area contributed by atoms with Crippen molar-refractivity contribution in [3.63, 3.8) is 0 Å². The van der Waals surface area contributed by atoms with Gasteiger partial charge in [0.2, 0.25) is 0 Å². The second-order valence-corrected chi connectivity index (χ2v) is 6.65. The zero-order valence-corrected chi connectivity index (χ0v) is 12.6. The number of aliphatic hydroxyl groups is 1. The molecule has 2 atom stereocenters. The number of aliphatic hydroxyl groups excluding tert-OH is 1. The summed E-state index contributed by atoms with van der Waals surface area (Å²) >= 11 is 0. The van der Waals surface area contributed by atoms with Crippen molar-refractivity contribution in [2.24, 2.45) is 11.8 Å². The second-order valence-electron chi connectivity index (χ2n) is 6.65. The molecule has 2 N–H and O–H groups in total. The van der Waals surface area contributed by atoms with Gasteiger partial charge in [-0.2, -0.15) is 0 Å². The van der Waals surface area contributed by atoms with Crippen LogP contribution in [0.25, 0.3) is 0 Å². The molecule has 2 fully saturated rings. The van der Waals surface area contributed by atoms with Crippen LogP contribution in [0.3, 0.4) is 0 Å². The van der Waals surface area contributed by atoms with Crippen molar-refractivity contribution in [2.75, 3.05) is 32.7 Å². The van der Waals surface area contributed by atoms with E-state index in [1.165, 1.54) is 45.2 Å². The summed E-state index contributed by atoms with van der Waals surface area (Å²) in [5, 5.41) is 13.1. The van der Waals surface area contributed by atoms with Gasteiger partial charge in [-0.25, -0.2) is 0 Å². The first-order chi connectivity index (χ1) is 9.25. The van der Waals surface area contributed by atoms with Gasteiger partial charge in [0.25, 0.3) is 0 Å². The molecule has 3 heteroatoms. The van der Waals surface area contributed by atoms with Gasteiger partial charge in [0.1, 0.15) is 0 Å². The molecule has 2 aliphatic rings. The van der Waals surface area contributed by atoms with E-state index in [1.54, 1.807) is 0 Å². The molecular weight excluding hydrogens is 236 g/mol. The van der Waals surface area contributed by atoms with E-state index < -0.39 is 0 Å². The van der Waals surface area contributed by atoms with Crippen LogP contribution < -0.4 is 5.32 Å². The summed E-state index contributed by atoms with van der Waals surface area (Å²) < 4.78 is 0. The van der Waals surface area contributed by atoms with Crippen molar-refractivity contribution in [3.8, 4) is 0 Å². The molecule has 1 saturated heterocycles. The molecule has 0 amide bonds. The summed E-state index contributed by atoms with van der Waals surface area (Å²) in [5.74, 6) is 1.84. The summed E-state index contributed by atoms with van der Waals surface area (Å²) in [4.78, 5) is 2.50. The monoisotopic (exact) mass is 268 g/mol. The smallest absolute Gasteiger partial charge is 0.0564 e. The zero-order valence-electron chi connectivity index (χ0n) is 12.6. The van der Waals surface area contributed by atoms with E-state index in [0.29, 0.717) is 0 Å². The highest BCUT2D eigenvalue weighted by atomic mass is 16.3. The molecule has 0 aromatic carbocycles. The van der Waals surface area contributed by atoms with E-state index >= 15 is 0 Å². The summed E-state index contributed by atoms with van der Waals surface area (Å²) in [6.07, 6.45) is 8.88. The Balaban J connectivity index is 1.48. The molecule has 0 unspecified atom stereocenters. The lowest BCUT2D eigenvalue weighted by molar-refractivity contribution is 0.0820. The number of likely N-dealkylation sites (tertiary alicyclic amines) is 1. The van der Waals surface area contributed by atoms with Gasteiger partial charge in [0, 0.05) is 13.1 Å². The zero-order chi connectivity index (χ0) is 13.5. The molecule has 19 heavy (non-hydrogen) atoms. The molecule has 3 nitrogen and oxygen atoms in total. The van der Waals surface area contributed by atoms with Crippen LogP contribution in [0, 0.1) is 11.8 Å². The normalized spacial score (nSPS) is 30.6. The van der Waals surface area contributed by atoms with Crippen molar-refractivity contribution in [1.29, 1.82) is 0 Å². The maximum Gasteiger partial charge on any atom is 0.0564 e. The Morgan fingerprint density at radius 2 is 1.84 bits per heavy atom. The van der Waals surface area contributed by atoms with Crippen molar-refractivity contribution >= 4 is 0 Å². The molecule has 1 aliphatic heterocycles. The summed E-state index contributed by atoms with van der Waals surface area (Å²) in [7, 11) is 0. The summed E-state index contributed by atoms with van der Waals surface area (Å²) in [6.45, 7) is 8.16. The van der Waals surface area contributed by atoms with Crippen LogP contribution in [0.4, 0.5) is 0 Å². The molecule has 1 heterocycles. The third-order valence-corrected chi connectivity index (χ3v) is 5.08. The number of hydrogen-bond acceptors (Lipinski definition) is 3. The van der Waals surface area contributed by atoms with E-state index in [0.717, 1.165) is 44.3 Å². The lowest BCUT2D eigenvalue weighted by atomic mass is 9.80. The Morgan fingerprint density at radius 3 is 2.58 bits per heavy atom. The average Bonchev–Trinajstić information content (AvgIpc) is 2.42. The standard InChI is InChI=1S/C16H32N2O/c1-14-5-2-3-6-15(14)13-17-9-4-10-18-11-7-16(19)8-12-18/h14-17,19H,2-13H2,1H3/t14-,15+/m1/s1. The van der Waals surface area contributed by atoms with Gasteiger partial charge < -0.3 is 15.3 Å². The van der Waals surface area contributed by atoms with Crippen LogP contribution in [0.1, 0.15) is 51.9 Å². The lowest BCUT2D eigenvalue weighted by Crippen LogP contribution is -2.37. The lowest BCUT2D eigenvalue weighted by Gasteiger charge is -2.30. The molecule has 0 spiro atoms. The molecular formula is C16H32N2O. The van der Waals surface area contributed by atoms with Crippen molar-refractivity contribution in [1.82, 2.24) is 10.2 Å². The molecule has 112 valence electrons. The minimum absolute atomic E-state index is 0.0397. The number of rotatable bonds is 6. The summed E-state index contributed by atoms with van der Waals surface area (Å²) in [6, 6.07) is 0. The van der Waals surface area contributed by atoms with E-state index in [2.05, 4.69) is 17.1 Å². The van der Waals surface area contributed by atoms with E-state index in [9.17, 15) is 5.11 Å². The highest BCUT2D eigenvalue weighted by Gasteiger charge is 2.20. The van der Waals surface area contributed by atoms with Gasteiger partial charge >= 0.3 is 0 Å². The van der Waals surface area contributed by atoms with Crippen molar-refractivity contribution in [2.45, 2.75) is 58.0 Å². The first kappa shape index (κ1) is 15.3. The second kappa shape index (κ2) is 8.23. The average molecular weight is 268 g/mol. The van der Waals surface area contributed by atoms with Crippen LogP contribution >= 0.6 is 0 Å². The van der Waals surface area contributed by atoms with Gasteiger partial charge in [0.05, 0.1) is 6.10 Å². The summed E-state index contributed by atoms with van der Waals surface area (Å²) in [5.41, 5.74) is 0. The topological polar surface area (TPSA) is 35.5 Å². The van der Waals surface area contributed by atoms with Gasteiger partial charge in [-0.3, -0.25) is 0 Å². The first-order valence-electron chi connectivity index (χ1n) is 8.37. The molecule has 0 aromatic rings. The molecule has 0 bridgehead atoms. The highest BCUT2D eigenvalue weighted by molar-refractivity contribution is 4.74. The first-order valence-corrected chi connectivity index (χ1v) is 8.37. The largest absolute Gasteiger partial charge is 0.393 e. The van der Waals surface area contributed by atoms with Crippen LogP contribution in [-0.2, 0) is 0 Å². The van der Waals surface area contributed by atoms with E-state index in [-0.39, 0.29) is 6.10 Å². The van der Waals surface area contributed by atoms with Gasteiger partial charge in [-0.05, 0) is 57.2 Å². The fraction of sp³-hybridized carbons (Fsp3) is 1.00. The van der Waals surface area contributed by atoms with Crippen LogP contribution in [0.5, 0.6) is 0 Å². The molecule has 1 aliphatic carbocycles. The fourth-order valence-corrected chi connectivity index (χ4v) is 3.55. The molecule has 0 aromatic heterocycles. The minimum Gasteiger partial charge on any atom is -0.393 e. The van der Waals surface area contributed by atoms with Crippen molar-refractivity contribution < 1.29 is 5.11 Å². The quantitative estimate of drug-likeness (QED) is 0.725. The van der Waals surface area contributed by atoms with Gasteiger partial charge in [0.15, 0.2) is 0 Å². The van der Waals surface area contributed by atoms with E-state index in [1.807, 2.05) is 0 Å². The number of nitrogens with one attached hydrogen (secondary N) is 1. The highest BCUT2D eigenvalue weighted by Crippen LogP contribution is 2.28. The Labute approximate surface area is 118 Å². The molecule has 0 radical (unpaired) electrons. The van der Waals surface area contributed by atoms with E-state index in [4.69, 9.17) is 0 Å². The van der Waals surface area contributed by atoms with Crippen LogP contribution in [0.15, 0.2) is 0 Å². The van der Waals surface area contributed by atoms with Crippen LogP contribution in [0.2, 0.25) is 0 Å². The molecule has 1 saturated carbocycles. The molecule has 2 rings (SSSR count). The van der Waals surface area contributed by atoms with Gasteiger partial charge in [-0.15, -0.1) is 0 Å². The number of nitrogens with zero attached hydrogens (tertiary/aromatic N) is 1. The Morgan fingerprint density at radius 1 is 1.11 bits per heavy atom. The van der Waals surface area contributed by atoms with Gasteiger partial charge in [-0.1, -0.05) is 26.2 Å². The Kier molecular flexibility index (Phi) is 6.62. The minimum atomic E-state index is -0.0397. The number of piperidine rings is 1.